The Bertz CT molecular complexity index is 948. The molecule has 3 aromatic rings. The monoisotopic (exact) mass is 373 g/mol. The van der Waals surface area contributed by atoms with Crippen molar-refractivity contribution in [2.45, 2.75) is 39.7 Å². The molecule has 144 valence electrons. The molecule has 0 heterocycles. The molecule has 0 bridgehead atoms. The van der Waals surface area contributed by atoms with Gasteiger partial charge in [0.2, 0.25) is 0 Å². The van der Waals surface area contributed by atoms with Gasteiger partial charge in [0.15, 0.2) is 6.10 Å². The molecular formula is C25H27NO2. The van der Waals surface area contributed by atoms with Crippen molar-refractivity contribution in [3.8, 4) is 16.9 Å². The third-order valence-electron chi connectivity index (χ3n) is 4.73. The number of carbonyl (C=O) groups excluding carboxylic acids is 1. The van der Waals surface area contributed by atoms with Crippen molar-refractivity contribution >= 4 is 11.6 Å². The SMILES string of the molecule is Cc1ccc(C(C)C)c(OC(C)C(=O)Nc2ccccc2-c2ccccc2)c1. The van der Waals surface area contributed by atoms with Gasteiger partial charge in [-0.25, -0.2) is 0 Å². The lowest BCUT2D eigenvalue weighted by molar-refractivity contribution is -0.122. The predicted octanol–water partition coefficient (Wildman–Crippen LogP) is 6.19. The summed E-state index contributed by atoms with van der Waals surface area (Å²) >= 11 is 0. The van der Waals surface area contributed by atoms with E-state index < -0.39 is 6.10 Å². The molecule has 0 aliphatic carbocycles. The van der Waals surface area contributed by atoms with Gasteiger partial charge < -0.3 is 10.1 Å². The Hall–Kier alpha value is -3.07. The van der Waals surface area contributed by atoms with Gasteiger partial charge in [-0.2, -0.15) is 0 Å². The molecule has 28 heavy (non-hydrogen) atoms. The van der Waals surface area contributed by atoms with E-state index in [1.165, 1.54) is 0 Å². The molecule has 0 radical (unpaired) electrons. The Morgan fingerprint density at radius 1 is 0.893 bits per heavy atom. The van der Waals surface area contributed by atoms with Gasteiger partial charge in [0.1, 0.15) is 5.75 Å². The lowest BCUT2D eigenvalue weighted by atomic mass is 10.0. The van der Waals surface area contributed by atoms with Gasteiger partial charge in [0.25, 0.3) is 5.91 Å². The topological polar surface area (TPSA) is 38.3 Å². The smallest absolute Gasteiger partial charge is 0.265 e. The molecule has 0 saturated heterocycles. The van der Waals surface area contributed by atoms with E-state index in [-0.39, 0.29) is 5.91 Å². The van der Waals surface area contributed by atoms with Gasteiger partial charge in [-0.05, 0) is 48.6 Å². The maximum Gasteiger partial charge on any atom is 0.265 e. The summed E-state index contributed by atoms with van der Waals surface area (Å²) in [6.07, 6.45) is -0.608. The van der Waals surface area contributed by atoms with E-state index in [1.54, 1.807) is 6.92 Å². The first-order chi connectivity index (χ1) is 13.5. The summed E-state index contributed by atoms with van der Waals surface area (Å²) < 4.78 is 6.06. The molecule has 0 fully saturated rings. The fourth-order valence-corrected chi connectivity index (χ4v) is 3.16. The molecule has 0 aliphatic heterocycles. The van der Waals surface area contributed by atoms with Crippen LogP contribution < -0.4 is 10.1 Å². The lowest BCUT2D eigenvalue weighted by Gasteiger charge is -2.20. The average Bonchev–Trinajstić information content (AvgIpc) is 2.69. The third kappa shape index (κ3) is 4.61. The number of nitrogens with one attached hydrogen (secondary N) is 1. The second-order valence-electron chi connectivity index (χ2n) is 7.36. The minimum absolute atomic E-state index is 0.167. The summed E-state index contributed by atoms with van der Waals surface area (Å²) in [5.74, 6) is 0.929. The standard InChI is InChI=1S/C25H27NO2/c1-17(2)21-15-14-18(3)16-24(21)28-19(4)25(27)26-23-13-9-8-12-22(23)20-10-6-5-7-11-20/h5-17,19H,1-4H3,(H,26,27). The molecule has 3 heteroatoms. The number of aryl methyl sites for hydroxylation is 1. The van der Waals surface area contributed by atoms with Gasteiger partial charge in [0.05, 0.1) is 0 Å². The van der Waals surface area contributed by atoms with E-state index >= 15 is 0 Å². The molecule has 3 aromatic carbocycles. The van der Waals surface area contributed by atoms with Crippen LogP contribution >= 0.6 is 0 Å². The summed E-state index contributed by atoms with van der Waals surface area (Å²) in [6.45, 7) is 8.06. The van der Waals surface area contributed by atoms with Crippen LogP contribution in [0.3, 0.4) is 0 Å². The van der Waals surface area contributed by atoms with Crippen LogP contribution in [0.15, 0.2) is 72.8 Å². The molecular weight excluding hydrogens is 346 g/mol. The summed E-state index contributed by atoms with van der Waals surface area (Å²) in [6, 6.07) is 24.0. The van der Waals surface area contributed by atoms with E-state index in [0.717, 1.165) is 33.7 Å². The quantitative estimate of drug-likeness (QED) is 0.559. The number of para-hydroxylation sites is 1. The number of hydrogen-bond acceptors (Lipinski definition) is 2. The van der Waals surface area contributed by atoms with Crippen LogP contribution in [-0.4, -0.2) is 12.0 Å². The van der Waals surface area contributed by atoms with Crippen molar-refractivity contribution in [2.75, 3.05) is 5.32 Å². The predicted molar refractivity (Wildman–Crippen MR) is 116 cm³/mol. The maximum absolute atomic E-state index is 12.8. The highest BCUT2D eigenvalue weighted by molar-refractivity contribution is 5.98. The first-order valence-electron chi connectivity index (χ1n) is 9.68. The Kier molecular flexibility index (Phi) is 6.15. The lowest BCUT2D eigenvalue weighted by Crippen LogP contribution is -2.30. The normalized spacial score (nSPS) is 11.9. The number of anilines is 1. The van der Waals surface area contributed by atoms with Crippen LogP contribution in [-0.2, 0) is 4.79 Å². The minimum atomic E-state index is -0.608. The van der Waals surface area contributed by atoms with Crippen LogP contribution in [0.5, 0.6) is 5.75 Å². The zero-order valence-corrected chi connectivity index (χ0v) is 16.9. The molecule has 1 amide bonds. The number of rotatable bonds is 6. The molecule has 3 rings (SSSR count). The van der Waals surface area contributed by atoms with Gasteiger partial charge in [-0.3, -0.25) is 4.79 Å². The number of benzene rings is 3. The molecule has 3 nitrogen and oxygen atoms in total. The highest BCUT2D eigenvalue weighted by Gasteiger charge is 2.19. The highest BCUT2D eigenvalue weighted by Crippen LogP contribution is 2.30. The summed E-state index contributed by atoms with van der Waals surface area (Å²) in [5, 5.41) is 3.03. The Labute approximate surface area is 167 Å². The minimum Gasteiger partial charge on any atom is -0.481 e. The largest absolute Gasteiger partial charge is 0.481 e. The second-order valence-corrected chi connectivity index (χ2v) is 7.36. The number of hydrogen-bond donors (Lipinski definition) is 1. The van der Waals surface area contributed by atoms with Crippen molar-refractivity contribution in [3.63, 3.8) is 0 Å². The van der Waals surface area contributed by atoms with E-state index in [9.17, 15) is 4.79 Å². The molecule has 1 atom stereocenters. The van der Waals surface area contributed by atoms with Crippen LogP contribution in [0.2, 0.25) is 0 Å². The second kappa shape index (κ2) is 8.75. The number of ether oxygens (including phenoxy) is 1. The zero-order valence-electron chi connectivity index (χ0n) is 16.9. The summed E-state index contributed by atoms with van der Waals surface area (Å²) in [5.41, 5.74) is 5.05. The van der Waals surface area contributed by atoms with Crippen molar-refractivity contribution in [1.29, 1.82) is 0 Å². The number of carbonyl (C=O) groups is 1. The van der Waals surface area contributed by atoms with E-state index in [0.29, 0.717) is 5.92 Å². The molecule has 1 unspecified atom stereocenters. The molecule has 1 N–H and O–H groups in total. The fourth-order valence-electron chi connectivity index (χ4n) is 3.16. The van der Waals surface area contributed by atoms with Gasteiger partial charge >= 0.3 is 0 Å². The van der Waals surface area contributed by atoms with Gasteiger partial charge in [0, 0.05) is 11.3 Å². The average molecular weight is 373 g/mol. The molecule has 0 aliphatic rings. The van der Waals surface area contributed by atoms with Crippen molar-refractivity contribution in [2.24, 2.45) is 0 Å². The first-order valence-corrected chi connectivity index (χ1v) is 9.68. The van der Waals surface area contributed by atoms with Crippen molar-refractivity contribution < 1.29 is 9.53 Å². The summed E-state index contributed by atoms with van der Waals surface area (Å²) in [4.78, 5) is 12.8. The number of amides is 1. The molecule has 0 saturated carbocycles. The maximum atomic E-state index is 12.8. The fraction of sp³-hybridized carbons (Fsp3) is 0.240. The van der Waals surface area contributed by atoms with Crippen molar-refractivity contribution in [3.05, 3.63) is 83.9 Å². The van der Waals surface area contributed by atoms with Gasteiger partial charge in [-0.1, -0.05) is 74.5 Å². The van der Waals surface area contributed by atoms with Crippen molar-refractivity contribution in [1.82, 2.24) is 0 Å². The van der Waals surface area contributed by atoms with E-state index in [4.69, 9.17) is 4.74 Å². The van der Waals surface area contributed by atoms with E-state index in [2.05, 4.69) is 31.3 Å². The van der Waals surface area contributed by atoms with Crippen LogP contribution in [0.25, 0.3) is 11.1 Å². The highest BCUT2D eigenvalue weighted by atomic mass is 16.5. The van der Waals surface area contributed by atoms with E-state index in [1.807, 2.05) is 67.6 Å². The first kappa shape index (κ1) is 19.7. The zero-order chi connectivity index (χ0) is 20.1. The summed E-state index contributed by atoms with van der Waals surface area (Å²) in [7, 11) is 0. The Balaban J connectivity index is 1.79. The molecule has 0 spiro atoms. The molecule has 0 aromatic heterocycles. The van der Waals surface area contributed by atoms with Gasteiger partial charge in [-0.15, -0.1) is 0 Å². The Morgan fingerprint density at radius 3 is 2.29 bits per heavy atom. The Morgan fingerprint density at radius 2 is 1.57 bits per heavy atom. The van der Waals surface area contributed by atoms with Crippen LogP contribution in [0.4, 0.5) is 5.69 Å². The third-order valence-corrected chi connectivity index (χ3v) is 4.73. The van der Waals surface area contributed by atoms with Crippen LogP contribution in [0.1, 0.15) is 37.8 Å². The van der Waals surface area contributed by atoms with Crippen LogP contribution in [0, 0.1) is 6.92 Å².